The van der Waals surface area contributed by atoms with Gasteiger partial charge in [0.05, 0.1) is 25.9 Å². The Bertz CT molecular complexity index is 730. The zero-order chi connectivity index (χ0) is 19.0. The molecule has 0 saturated heterocycles. The van der Waals surface area contributed by atoms with E-state index in [4.69, 9.17) is 4.74 Å². The number of rotatable bonds is 8. The van der Waals surface area contributed by atoms with Crippen LogP contribution in [-0.4, -0.2) is 40.5 Å². The topological polar surface area (TPSA) is 83.7 Å². The van der Waals surface area contributed by atoms with Crippen molar-refractivity contribution in [2.75, 3.05) is 19.7 Å². The molecule has 3 N–H and O–H groups in total. The summed E-state index contributed by atoms with van der Waals surface area (Å²) in [4.78, 5) is 4.59. The van der Waals surface area contributed by atoms with Gasteiger partial charge < -0.3 is 20.5 Å². The number of aliphatic imine (C=N–C) groups is 1. The van der Waals surface area contributed by atoms with Gasteiger partial charge in [-0.1, -0.05) is 12.1 Å². The summed E-state index contributed by atoms with van der Waals surface area (Å²) < 4.78 is 7.20. The minimum Gasteiger partial charge on any atom is -0.494 e. The zero-order valence-corrected chi connectivity index (χ0v) is 18.7. The van der Waals surface area contributed by atoms with Crippen molar-refractivity contribution in [3.63, 3.8) is 0 Å². The Balaban J connectivity index is 0.00000364. The second-order valence-corrected chi connectivity index (χ2v) is 6.31. The fraction of sp³-hybridized carbons (Fsp3) is 0.474. The molecule has 2 rings (SSSR count). The molecule has 1 unspecified atom stereocenters. The third-order valence-electron chi connectivity index (χ3n) is 3.90. The molecule has 0 bridgehead atoms. The number of hydrogen-bond donors (Lipinski definition) is 3. The zero-order valence-electron chi connectivity index (χ0n) is 16.4. The smallest absolute Gasteiger partial charge is 0.191 e. The normalized spacial score (nSPS) is 13.4. The molecule has 0 radical (unpaired) electrons. The Hall–Kier alpha value is -1.81. The van der Waals surface area contributed by atoms with Crippen LogP contribution < -0.4 is 15.4 Å². The van der Waals surface area contributed by atoms with Crippen LogP contribution in [0.4, 0.5) is 0 Å². The van der Waals surface area contributed by atoms with E-state index < -0.39 is 5.60 Å². The highest BCUT2D eigenvalue weighted by atomic mass is 127. The van der Waals surface area contributed by atoms with Gasteiger partial charge in [0.2, 0.25) is 0 Å². The predicted molar refractivity (Wildman–Crippen MR) is 119 cm³/mol. The number of ether oxygens (including phenoxy) is 1. The second-order valence-electron chi connectivity index (χ2n) is 6.31. The van der Waals surface area contributed by atoms with Crippen LogP contribution in [0.15, 0.2) is 41.7 Å². The highest BCUT2D eigenvalue weighted by Crippen LogP contribution is 2.18. The SMILES string of the molecule is CCNC(=NCc1cccc(OCC)c1)NCC(C)(O)c1cnn(C)c1.I. The first-order valence-electron chi connectivity index (χ1n) is 8.90. The lowest BCUT2D eigenvalue weighted by Crippen LogP contribution is -2.44. The maximum absolute atomic E-state index is 10.7. The monoisotopic (exact) mass is 487 g/mol. The van der Waals surface area contributed by atoms with Gasteiger partial charge in [0.1, 0.15) is 11.4 Å². The summed E-state index contributed by atoms with van der Waals surface area (Å²) >= 11 is 0. The average molecular weight is 487 g/mol. The van der Waals surface area contributed by atoms with Gasteiger partial charge in [-0.3, -0.25) is 4.68 Å². The summed E-state index contributed by atoms with van der Waals surface area (Å²) in [5.74, 6) is 1.50. The Morgan fingerprint density at radius 3 is 2.74 bits per heavy atom. The van der Waals surface area contributed by atoms with E-state index in [2.05, 4.69) is 20.7 Å². The number of benzene rings is 1. The van der Waals surface area contributed by atoms with E-state index in [-0.39, 0.29) is 24.0 Å². The Morgan fingerprint density at radius 2 is 2.11 bits per heavy atom. The van der Waals surface area contributed by atoms with Gasteiger partial charge in [-0.15, -0.1) is 24.0 Å². The first-order chi connectivity index (χ1) is 12.4. The molecule has 0 amide bonds. The molecule has 1 heterocycles. The van der Waals surface area contributed by atoms with Gasteiger partial charge in [0.15, 0.2) is 5.96 Å². The van der Waals surface area contributed by atoms with Crippen LogP contribution in [0.1, 0.15) is 31.9 Å². The maximum atomic E-state index is 10.7. The second kappa shape index (κ2) is 11.1. The first kappa shape index (κ1) is 23.2. The third kappa shape index (κ3) is 7.37. The number of aliphatic hydroxyl groups is 1. The highest BCUT2D eigenvalue weighted by molar-refractivity contribution is 14.0. The number of nitrogens with one attached hydrogen (secondary N) is 2. The standard InChI is InChI=1S/C19H29N5O2.HI/c1-5-20-18(21-11-15-8-7-9-17(10-15)26-6-2)22-14-19(3,25)16-12-23-24(4)13-16;/h7-10,12-13,25H,5-6,11,14H2,1-4H3,(H2,20,21,22);1H. The number of nitrogens with zero attached hydrogens (tertiary/aromatic N) is 3. The molecule has 27 heavy (non-hydrogen) atoms. The number of aromatic nitrogens is 2. The van der Waals surface area contributed by atoms with Gasteiger partial charge >= 0.3 is 0 Å². The summed E-state index contributed by atoms with van der Waals surface area (Å²) in [7, 11) is 1.83. The third-order valence-corrected chi connectivity index (χ3v) is 3.90. The number of guanidine groups is 1. The summed E-state index contributed by atoms with van der Waals surface area (Å²) in [5.41, 5.74) is 0.777. The molecule has 0 spiro atoms. The van der Waals surface area contributed by atoms with Crippen molar-refractivity contribution in [3.8, 4) is 5.75 Å². The van der Waals surface area contributed by atoms with Crippen molar-refractivity contribution in [2.24, 2.45) is 12.0 Å². The molecular weight excluding hydrogens is 457 g/mol. The summed E-state index contributed by atoms with van der Waals surface area (Å²) in [6.45, 7) is 7.94. The van der Waals surface area contributed by atoms with Gasteiger partial charge in [-0.05, 0) is 38.5 Å². The van der Waals surface area contributed by atoms with Crippen LogP contribution in [0.2, 0.25) is 0 Å². The van der Waals surface area contributed by atoms with Crippen molar-refractivity contribution in [3.05, 3.63) is 47.8 Å². The van der Waals surface area contributed by atoms with Crippen molar-refractivity contribution in [1.29, 1.82) is 0 Å². The molecule has 0 saturated carbocycles. The van der Waals surface area contributed by atoms with E-state index in [1.165, 1.54) is 0 Å². The van der Waals surface area contributed by atoms with Crippen LogP contribution in [0.25, 0.3) is 0 Å². The fourth-order valence-corrected chi connectivity index (χ4v) is 2.47. The molecule has 0 aliphatic rings. The summed E-state index contributed by atoms with van der Waals surface area (Å²) in [5, 5.41) is 21.2. The van der Waals surface area contributed by atoms with Crippen LogP contribution in [0.5, 0.6) is 5.75 Å². The van der Waals surface area contributed by atoms with Crippen molar-refractivity contribution in [2.45, 2.75) is 32.9 Å². The Kier molecular flexibility index (Phi) is 9.57. The van der Waals surface area contributed by atoms with E-state index in [1.807, 2.05) is 51.4 Å². The minimum atomic E-state index is -1.04. The first-order valence-corrected chi connectivity index (χ1v) is 8.90. The Labute approximate surface area is 178 Å². The molecular formula is C19H30IN5O2. The van der Waals surface area contributed by atoms with E-state index in [1.54, 1.807) is 17.8 Å². The van der Waals surface area contributed by atoms with Crippen molar-refractivity contribution < 1.29 is 9.84 Å². The molecule has 1 atom stereocenters. The molecule has 1 aromatic carbocycles. The molecule has 0 fully saturated rings. The quantitative estimate of drug-likeness (QED) is 0.303. The van der Waals surface area contributed by atoms with Gasteiger partial charge in [-0.25, -0.2) is 4.99 Å². The van der Waals surface area contributed by atoms with E-state index >= 15 is 0 Å². The van der Waals surface area contributed by atoms with Gasteiger partial charge in [0.25, 0.3) is 0 Å². The maximum Gasteiger partial charge on any atom is 0.191 e. The summed E-state index contributed by atoms with van der Waals surface area (Å²) in [6, 6.07) is 7.90. The molecule has 1 aromatic heterocycles. The van der Waals surface area contributed by atoms with E-state index in [0.717, 1.165) is 23.4 Å². The molecule has 150 valence electrons. The van der Waals surface area contributed by atoms with E-state index in [0.29, 0.717) is 25.7 Å². The van der Waals surface area contributed by atoms with Crippen LogP contribution in [0, 0.1) is 0 Å². The van der Waals surface area contributed by atoms with Gasteiger partial charge in [0, 0.05) is 25.4 Å². The number of hydrogen-bond acceptors (Lipinski definition) is 4. The summed E-state index contributed by atoms with van der Waals surface area (Å²) in [6.07, 6.45) is 3.48. The van der Waals surface area contributed by atoms with Crippen molar-refractivity contribution in [1.82, 2.24) is 20.4 Å². The van der Waals surface area contributed by atoms with Crippen LogP contribution in [0.3, 0.4) is 0 Å². The molecule has 7 nitrogen and oxygen atoms in total. The average Bonchev–Trinajstić information content (AvgIpc) is 3.05. The fourth-order valence-electron chi connectivity index (χ4n) is 2.47. The molecule has 8 heteroatoms. The highest BCUT2D eigenvalue weighted by Gasteiger charge is 2.24. The number of aryl methyl sites for hydroxylation is 1. The molecule has 0 aliphatic heterocycles. The lowest BCUT2D eigenvalue weighted by molar-refractivity contribution is 0.0616. The number of halogens is 1. The van der Waals surface area contributed by atoms with Crippen LogP contribution >= 0.6 is 24.0 Å². The largest absolute Gasteiger partial charge is 0.494 e. The Morgan fingerprint density at radius 1 is 1.33 bits per heavy atom. The van der Waals surface area contributed by atoms with Crippen molar-refractivity contribution >= 4 is 29.9 Å². The van der Waals surface area contributed by atoms with E-state index in [9.17, 15) is 5.11 Å². The lowest BCUT2D eigenvalue weighted by atomic mass is 10.00. The lowest BCUT2D eigenvalue weighted by Gasteiger charge is -2.23. The predicted octanol–water partition coefficient (Wildman–Crippen LogP) is 2.40. The minimum absolute atomic E-state index is 0. The molecule has 0 aliphatic carbocycles. The van der Waals surface area contributed by atoms with Crippen LogP contribution in [-0.2, 0) is 19.2 Å². The molecule has 2 aromatic rings. The van der Waals surface area contributed by atoms with Gasteiger partial charge in [-0.2, -0.15) is 5.10 Å².